The fourth-order valence-corrected chi connectivity index (χ4v) is 3.25. The molecule has 25 heavy (non-hydrogen) atoms. The number of carbonyl (C=O) groups excluding carboxylic acids is 1. The van der Waals surface area contributed by atoms with E-state index in [1.165, 1.54) is 36.0 Å². The second-order valence-corrected chi connectivity index (χ2v) is 6.89. The molecular formula is C16H14Cl2N2O4S. The van der Waals surface area contributed by atoms with Crippen LogP contribution in [0.2, 0.25) is 10.0 Å². The van der Waals surface area contributed by atoms with Crippen LogP contribution < -0.4 is 5.32 Å². The molecule has 0 aromatic heterocycles. The van der Waals surface area contributed by atoms with Crippen LogP contribution in [0.15, 0.2) is 47.4 Å². The van der Waals surface area contributed by atoms with Gasteiger partial charge in [-0.25, -0.2) is 0 Å². The van der Waals surface area contributed by atoms with Gasteiger partial charge in [-0.1, -0.05) is 23.2 Å². The Morgan fingerprint density at radius 3 is 2.56 bits per heavy atom. The Morgan fingerprint density at radius 2 is 1.92 bits per heavy atom. The van der Waals surface area contributed by atoms with E-state index in [-0.39, 0.29) is 23.9 Å². The van der Waals surface area contributed by atoms with E-state index < -0.39 is 11.0 Å². The van der Waals surface area contributed by atoms with Crippen molar-refractivity contribution in [3.05, 3.63) is 68.2 Å². The third kappa shape index (κ3) is 5.89. The Hall–Kier alpha value is -1.80. The maximum Gasteiger partial charge on any atom is 0.269 e. The summed E-state index contributed by atoms with van der Waals surface area (Å²) in [6.45, 7) is 0.000478. The zero-order valence-corrected chi connectivity index (χ0v) is 15.1. The Kier molecular flexibility index (Phi) is 7.07. The monoisotopic (exact) mass is 400 g/mol. The molecule has 6 nitrogen and oxygen atoms in total. The summed E-state index contributed by atoms with van der Waals surface area (Å²) in [7, 11) is 0. The van der Waals surface area contributed by atoms with Gasteiger partial charge in [0.2, 0.25) is 5.91 Å². The highest BCUT2D eigenvalue weighted by atomic mass is 35.5. The van der Waals surface area contributed by atoms with Crippen molar-refractivity contribution in [2.75, 3.05) is 12.3 Å². The Balaban J connectivity index is 1.82. The normalized spacial score (nSPS) is 11.8. The van der Waals surface area contributed by atoms with Gasteiger partial charge in [-0.3, -0.25) is 14.9 Å². The van der Waals surface area contributed by atoms with Gasteiger partial charge in [0.25, 0.3) is 5.69 Å². The fraction of sp³-hybridized carbons (Fsp3) is 0.188. The lowest BCUT2D eigenvalue weighted by molar-refractivity contribution is -0.384. The molecule has 1 amide bonds. The molecule has 9 heteroatoms. The van der Waals surface area contributed by atoms with Crippen molar-refractivity contribution in [2.24, 2.45) is 0 Å². The van der Waals surface area contributed by atoms with E-state index >= 15 is 0 Å². The highest BCUT2D eigenvalue weighted by molar-refractivity contribution is 8.00. The minimum Gasteiger partial charge on any atom is -0.387 e. The number of halogens is 2. The van der Waals surface area contributed by atoms with E-state index in [0.717, 1.165) is 0 Å². The first-order valence-corrected chi connectivity index (χ1v) is 8.88. The van der Waals surface area contributed by atoms with Crippen LogP contribution in [0.5, 0.6) is 0 Å². The Morgan fingerprint density at radius 1 is 1.24 bits per heavy atom. The topological polar surface area (TPSA) is 92.5 Å². The molecule has 0 fully saturated rings. The fourth-order valence-electron chi connectivity index (χ4n) is 1.93. The van der Waals surface area contributed by atoms with E-state index in [9.17, 15) is 20.0 Å². The predicted octanol–water partition coefficient (Wildman–Crippen LogP) is 3.84. The molecule has 0 spiro atoms. The van der Waals surface area contributed by atoms with Gasteiger partial charge in [-0.2, -0.15) is 0 Å². The maximum absolute atomic E-state index is 11.9. The molecule has 132 valence electrons. The van der Waals surface area contributed by atoms with Crippen LogP contribution in [-0.2, 0) is 4.79 Å². The lowest BCUT2D eigenvalue weighted by Gasteiger charge is -2.12. The van der Waals surface area contributed by atoms with Gasteiger partial charge in [0.05, 0.1) is 21.8 Å². The molecule has 0 aliphatic carbocycles. The maximum atomic E-state index is 11.9. The number of nitro benzene ring substituents is 1. The van der Waals surface area contributed by atoms with Crippen LogP contribution in [-0.4, -0.2) is 28.2 Å². The van der Waals surface area contributed by atoms with Crippen molar-refractivity contribution in [1.82, 2.24) is 5.32 Å². The van der Waals surface area contributed by atoms with Crippen LogP contribution >= 0.6 is 35.0 Å². The number of nitrogens with zero attached hydrogens (tertiary/aromatic N) is 1. The molecule has 2 aromatic carbocycles. The van der Waals surface area contributed by atoms with E-state index in [4.69, 9.17) is 23.2 Å². The molecule has 0 aliphatic heterocycles. The molecule has 1 atom stereocenters. The van der Waals surface area contributed by atoms with Gasteiger partial charge in [0, 0.05) is 28.6 Å². The summed E-state index contributed by atoms with van der Waals surface area (Å²) in [6.07, 6.45) is -0.954. The van der Waals surface area contributed by atoms with Gasteiger partial charge in [0.1, 0.15) is 0 Å². The second-order valence-electron chi connectivity index (χ2n) is 5.03. The molecule has 0 heterocycles. The first-order chi connectivity index (χ1) is 11.9. The molecule has 0 saturated heterocycles. The summed E-state index contributed by atoms with van der Waals surface area (Å²) in [6, 6.07) is 10.5. The molecule has 0 bridgehead atoms. The smallest absolute Gasteiger partial charge is 0.269 e. The average molecular weight is 401 g/mol. The summed E-state index contributed by atoms with van der Waals surface area (Å²) >= 11 is 13.1. The van der Waals surface area contributed by atoms with Crippen molar-refractivity contribution in [1.29, 1.82) is 0 Å². The first-order valence-electron chi connectivity index (χ1n) is 7.14. The number of nitro groups is 1. The number of nitrogens with one attached hydrogen (secondary N) is 1. The van der Waals surface area contributed by atoms with Crippen molar-refractivity contribution in [3.8, 4) is 0 Å². The molecule has 2 rings (SSSR count). The highest BCUT2D eigenvalue weighted by Crippen LogP contribution is 2.29. The summed E-state index contributed by atoms with van der Waals surface area (Å²) in [5, 5.41) is 24.3. The SMILES string of the molecule is O=C(CSc1cc(Cl)ccc1Cl)NC[C@@H](O)c1ccc([N+](=O)[O-])cc1. The molecule has 0 unspecified atom stereocenters. The highest BCUT2D eigenvalue weighted by Gasteiger charge is 2.12. The van der Waals surface area contributed by atoms with Gasteiger partial charge >= 0.3 is 0 Å². The number of benzene rings is 2. The van der Waals surface area contributed by atoms with Crippen molar-refractivity contribution in [2.45, 2.75) is 11.0 Å². The van der Waals surface area contributed by atoms with E-state index in [2.05, 4.69) is 5.32 Å². The number of amides is 1. The number of aliphatic hydroxyl groups excluding tert-OH is 1. The van der Waals surface area contributed by atoms with Crippen LogP contribution in [0.1, 0.15) is 11.7 Å². The quantitative estimate of drug-likeness (QED) is 0.418. The lowest BCUT2D eigenvalue weighted by Crippen LogP contribution is -2.29. The second kappa shape index (κ2) is 9.05. The minimum absolute atomic E-state index is 0.000478. The van der Waals surface area contributed by atoms with Gasteiger partial charge in [-0.15, -0.1) is 11.8 Å². The van der Waals surface area contributed by atoms with E-state index in [1.807, 2.05) is 0 Å². The molecule has 2 N–H and O–H groups in total. The minimum atomic E-state index is -0.954. The molecule has 0 radical (unpaired) electrons. The lowest BCUT2D eigenvalue weighted by atomic mass is 10.1. The molecule has 0 saturated carbocycles. The summed E-state index contributed by atoms with van der Waals surface area (Å²) in [5.41, 5.74) is 0.422. The van der Waals surface area contributed by atoms with Crippen LogP contribution in [0, 0.1) is 10.1 Å². The van der Waals surface area contributed by atoms with Gasteiger partial charge in [0.15, 0.2) is 0 Å². The number of carbonyl (C=O) groups is 1. The van der Waals surface area contributed by atoms with Crippen LogP contribution in [0.25, 0.3) is 0 Å². The summed E-state index contributed by atoms with van der Waals surface area (Å²) in [4.78, 5) is 22.7. The zero-order valence-electron chi connectivity index (χ0n) is 12.8. The number of thioether (sulfide) groups is 1. The Bertz CT molecular complexity index is 771. The van der Waals surface area contributed by atoms with Crippen molar-refractivity contribution in [3.63, 3.8) is 0 Å². The van der Waals surface area contributed by atoms with Crippen LogP contribution in [0.3, 0.4) is 0 Å². The summed E-state index contributed by atoms with van der Waals surface area (Å²) < 4.78 is 0. The number of hydrogen-bond donors (Lipinski definition) is 2. The predicted molar refractivity (Wildman–Crippen MR) is 98.3 cm³/mol. The Labute approximate surface area is 158 Å². The first kappa shape index (κ1) is 19.5. The average Bonchev–Trinajstić information content (AvgIpc) is 2.60. The van der Waals surface area contributed by atoms with Gasteiger partial charge in [-0.05, 0) is 35.9 Å². The molecule has 2 aromatic rings. The number of rotatable bonds is 7. The largest absolute Gasteiger partial charge is 0.387 e. The van der Waals surface area contributed by atoms with Crippen LogP contribution in [0.4, 0.5) is 5.69 Å². The van der Waals surface area contributed by atoms with Crippen molar-refractivity contribution >= 4 is 46.6 Å². The van der Waals surface area contributed by atoms with Crippen molar-refractivity contribution < 1.29 is 14.8 Å². The number of aliphatic hydroxyl groups is 1. The zero-order chi connectivity index (χ0) is 18.4. The molecular weight excluding hydrogens is 387 g/mol. The third-order valence-electron chi connectivity index (χ3n) is 3.23. The summed E-state index contributed by atoms with van der Waals surface area (Å²) in [5.74, 6) is -0.158. The standard InChI is InChI=1S/C16H14Cl2N2O4S/c17-11-3-6-13(18)15(7-11)25-9-16(22)19-8-14(21)10-1-4-12(5-2-10)20(23)24/h1-7,14,21H,8-9H2,(H,19,22)/t14-/m1/s1. The van der Waals surface area contributed by atoms with Gasteiger partial charge < -0.3 is 10.4 Å². The number of hydrogen-bond acceptors (Lipinski definition) is 5. The van der Waals surface area contributed by atoms with E-state index in [1.54, 1.807) is 18.2 Å². The molecule has 0 aliphatic rings. The number of non-ortho nitro benzene ring substituents is 1. The van der Waals surface area contributed by atoms with E-state index in [0.29, 0.717) is 20.5 Å². The third-order valence-corrected chi connectivity index (χ3v) is 4.97.